The first kappa shape index (κ1) is 30.7. The Balaban J connectivity index is -0.000000135. The normalized spacial score (nSPS) is 9.09. The van der Waals surface area contributed by atoms with Crippen LogP contribution in [0.2, 0.25) is 0 Å². The highest BCUT2D eigenvalue weighted by atomic mass is 35.5. The molecule has 0 atom stereocenters. The Hall–Kier alpha value is 0.840. The van der Waals surface area contributed by atoms with E-state index in [1.165, 1.54) is 36.2 Å². The molecule has 0 saturated carbocycles. The standard InChI is InChI=1S/2C5H11NO2S2.2ClH/c2*1-4(2)6-10-9-5(7)8-3;;/h2*4,6H,1-3H3;2*1H. The molecule has 0 unspecified atom stereocenters. The molecule has 0 bridgehead atoms. The molecule has 0 rings (SSSR count). The van der Waals surface area contributed by atoms with Crippen molar-refractivity contribution in [1.29, 1.82) is 0 Å². The molecule has 0 heterocycles. The van der Waals surface area contributed by atoms with Crippen LogP contribution in [0.1, 0.15) is 27.7 Å². The smallest absolute Gasteiger partial charge is 0.382 e. The molecule has 6 nitrogen and oxygen atoms in total. The summed E-state index contributed by atoms with van der Waals surface area (Å²) in [6.45, 7) is 8.24. The van der Waals surface area contributed by atoms with Gasteiger partial charge < -0.3 is 34.3 Å². The fourth-order valence-electron chi connectivity index (χ4n) is 0.424. The second kappa shape index (κ2) is 21.8. The van der Waals surface area contributed by atoms with Crippen molar-refractivity contribution in [2.24, 2.45) is 0 Å². The highest BCUT2D eigenvalue weighted by Gasteiger charge is 2.06. The van der Waals surface area contributed by atoms with Gasteiger partial charge >= 0.3 is 10.6 Å². The summed E-state index contributed by atoms with van der Waals surface area (Å²) in [5, 5.41) is -0.496. The van der Waals surface area contributed by atoms with Crippen molar-refractivity contribution in [2.75, 3.05) is 14.2 Å². The summed E-state index contributed by atoms with van der Waals surface area (Å²) >= 11 is 0. The van der Waals surface area contributed by atoms with E-state index in [1.807, 2.05) is 9.44 Å². The number of quaternary nitrogens is 2. The molecule has 22 heavy (non-hydrogen) atoms. The lowest BCUT2D eigenvalue weighted by atomic mass is 10.4. The van der Waals surface area contributed by atoms with Gasteiger partial charge in [-0.05, 0) is 27.7 Å². The molecule has 0 aromatic carbocycles. The third-order valence-electron chi connectivity index (χ3n) is 1.22. The van der Waals surface area contributed by atoms with E-state index in [2.05, 4.69) is 37.2 Å². The van der Waals surface area contributed by atoms with Crippen molar-refractivity contribution in [1.82, 2.24) is 0 Å². The number of halogens is 2. The van der Waals surface area contributed by atoms with E-state index in [1.54, 1.807) is 0 Å². The molecule has 136 valence electrons. The van der Waals surface area contributed by atoms with Crippen molar-refractivity contribution in [3.8, 4) is 0 Å². The molecule has 0 aliphatic rings. The van der Waals surface area contributed by atoms with Gasteiger partial charge in [-0.2, -0.15) is 0 Å². The molecule has 0 aromatic rings. The predicted octanol–water partition coefficient (Wildman–Crippen LogP) is -3.95. The Kier molecular flexibility index (Phi) is 30.5. The number of carbonyl (C=O) groups excluding carboxylic acids is 2. The van der Waals surface area contributed by atoms with Crippen LogP contribution in [0.3, 0.4) is 0 Å². The Morgan fingerprint density at radius 2 is 1.05 bits per heavy atom. The summed E-state index contributed by atoms with van der Waals surface area (Å²) in [7, 11) is 7.79. The zero-order valence-electron chi connectivity index (χ0n) is 13.3. The van der Waals surface area contributed by atoms with Crippen LogP contribution in [0.15, 0.2) is 0 Å². The second-order valence-electron chi connectivity index (χ2n) is 4.03. The Morgan fingerprint density at radius 1 is 0.773 bits per heavy atom. The van der Waals surface area contributed by atoms with E-state index < -0.39 is 0 Å². The number of carbonyl (C=O) groups is 2. The van der Waals surface area contributed by atoms with Gasteiger partial charge in [-0.25, -0.2) is 9.59 Å². The fraction of sp³-hybridized carbons (Fsp3) is 0.800. The van der Waals surface area contributed by atoms with E-state index in [0.29, 0.717) is 12.1 Å². The predicted molar refractivity (Wildman–Crippen MR) is 89.3 cm³/mol. The highest BCUT2D eigenvalue weighted by Crippen LogP contribution is 2.15. The lowest BCUT2D eigenvalue weighted by Gasteiger charge is -1.98. The third-order valence-corrected chi connectivity index (χ3v) is 5.39. The number of hydrogen-bond acceptors (Lipinski definition) is 8. The van der Waals surface area contributed by atoms with Crippen molar-refractivity contribution >= 4 is 54.2 Å². The van der Waals surface area contributed by atoms with E-state index in [-0.39, 0.29) is 35.4 Å². The minimum atomic E-state index is -0.248. The first-order chi connectivity index (χ1) is 9.33. The zero-order chi connectivity index (χ0) is 16.0. The molecule has 0 aromatic heterocycles. The minimum absolute atomic E-state index is 0. The van der Waals surface area contributed by atoms with Gasteiger partial charge in [0, 0.05) is 0 Å². The van der Waals surface area contributed by atoms with Gasteiger partial charge in [-0.15, -0.1) is 0 Å². The largest absolute Gasteiger partial charge is 1.00 e. The number of rotatable bonds is 6. The zero-order valence-corrected chi connectivity index (χ0v) is 18.1. The molecule has 0 radical (unpaired) electrons. The Morgan fingerprint density at radius 3 is 1.23 bits per heavy atom. The molecule has 0 fully saturated rings. The molecule has 12 heteroatoms. The molecular formula is C10H24Cl2N2O4S4. The van der Waals surface area contributed by atoms with Gasteiger partial charge in [0.2, 0.25) is 0 Å². The van der Waals surface area contributed by atoms with Crippen molar-refractivity contribution in [2.45, 2.75) is 39.8 Å². The second-order valence-corrected chi connectivity index (χ2v) is 8.11. The monoisotopic (exact) mass is 434 g/mol. The molecule has 4 N–H and O–H groups in total. The number of methoxy groups -OCH3 is 2. The summed E-state index contributed by atoms with van der Waals surface area (Å²) in [6, 6.07) is 1.00. The van der Waals surface area contributed by atoms with E-state index in [9.17, 15) is 9.59 Å². The van der Waals surface area contributed by atoms with Crippen molar-refractivity contribution < 1.29 is 53.3 Å². The molecule has 0 amide bonds. The van der Waals surface area contributed by atoms with Crippen LogP contribution < -0.4 is 34.3 Å². The average molecular weight is 435 g/mol. The van der Waals surface area contributed by atoms with Crippen LogP contribution >= 0.6 is 43.5 Å². The summed E-state index contributed by atoms with van der Waals surface area (Å²) in [5.74, 6) is 0. The minimum Gasteiger partial charge on any atom is -1.00 e. The maximum absolute atomic E-state index is 10.5. The van der Waals surface area contributed by atoms with Crippen molar-refractivity contribution in [3.05, 3.63) is 0 Å². The van der Waals surface area contributed by atoms with Crippen LogP contribution in [0.5, 0.6) is 0 Å². The number of ether oxygens (including phenoxy) is 2. The maximum atomic E-state index is 10.5. The SMILES string of the molecule is COC(=O)SS[NH2+]C(C)C.COC(=O)SS[NH2+]C(C)C.[Cl-].[Cl-]. The fourth-order valence-corrected chi connectivity index (χ4v) is 3.82. The van der Waals surface area contributed by atoms with E-state index in [4.69, 9.17) is 0 Å². The Labute approximate surface area is 161 Å². The molecular weight excluding hydrogens is 411 g/mol. The van der Waals surface area contributed by atoms with Crippen LogP contribution in [0.25, 0.3) is 0 Å². The van der Waals surface area contributed by atoms with Crippen molar-refractivity contribution in [3.63, 3.8) is 0 Å². The quantitative estimate of drug-likeness (QED) is 0.249. The highest BCUT2D eigenvalue weighted by molar-refractivity contribution is 8.80. The van der Waals surface area contributed by atoms with Gasteiger partial charge in [0.05, 0.1) is 47.9 Å². The summed E-state index contributed by atoms with van der Waals surface area (Å²) in [4.78, 5) is 21.0. The third kappa shape index (κ3) is 28.9. The molecule has 0 spiro atoms. The first-order valence-electron chi connectivity index (χ1n) is 5.82. The van der Waals surface area contributed by atoms with Crippen LogP contribution in [-0.4, -0.2) is 36.9 Å². The van der Waals surface area contributed by atoms with Gasteiger partial charge in [0.1, 0.15) is 0 Å². The summed E-state index contributed by atoms with van der Waals surface area (Å²) < 4.78 is 12.8. The van der Waals surface area contributed by atoms with Crippen LogP contribution in [0.4, 0.5) is 9.59 Å². The molecule has 0 saturated heterocycles. The van der Waals surface area contributed by atoms with Gasteiger partial charge in [0.15, 0.2) is 22.0 Å². The lowest BCUT2D eigenvalue weighted by molar-refractivity contribution is -0.513. The number of hydrogen-bond donors (Lipinski definition) is 2. The Bertz CT molecular complexity index is 251. The van der Waals surface area contributed by atoms with Gasteiger partial charge in [0.25, 0.3) is 0 Å². The van der Waals surface area contributed by atoms with E-state index in [0.717, 1.165) is 21.6 Å². The molecule has 0 aliphatic heterocycles. The van der Waals surface area contributed by atoms with Gasteiger partial charge in [-0.1, -0.05) is 0 Å². The van der Waals surface area contributed by atoms with Crippen LogP contribution in [0, 0.1) is 0 Å². The molecule has 0 aliphatic carbocycles. The summed E-state index contributed by atoms with van der Waals surface area (Å²) in [5.41, 5.74) is 0. The summed E-state index contributed by atoms with van der Waals surface area (Å²) in [6.07, 6.45) is 0. The number of nitrogens with two attached hydrogens (primary N) is 2. The first-order valence-corrected chi connectivity index (χ1v) is 10.2. The lowest BCUT2D eigenvalue weighted by Crippen LogP contribution is -3.00. The topological polar surface area (TPSA) is 85.8 Å². The maximum Gasteiger partial charge on any atom is 0.382 e. The average Bonchev–Trinajstić information content (AvgIpc) is 2.38. The van der Waals surface area contributed by atoms with Crippen LogP contribution in [-0.2, 0) is 9.47 Å². The van der Waals surface area contributed by atoms with E-state index >= 15 is 0 Å². The van der Waals surface area contributed by atoms with Gasteiger partial charge in [-0.3, -0.25) is 9.44 Å².